The van der Waals surface area contributed by atoms with Crippen LogP contribution < -0.4 is 10.6 Å². The second kappa shape index (κ2) is 24.6. The molecule has 1 radical (unpaired) electrons. The van der Waals surface area contributed by atoms with Crippen LogP contribution in [-0.4, -0.2) is 61.2 Å². The van der Waals surface area contributed by atoms with Crippen LogP contribution in [0.2, 0.25) is 0 Å². The molecule has 4 aromatic carbocycles. The number of amides is 1. The van der Waals surface area contributed by atoms with Gasteiger partial charge in [0.25, 0.3) is 0 Å². The average Bonchev–Trinajstić information content (AvgIpc) is 4.26. The second-order valence-electron chi connectivity index (χ2n) is 22.0. The summed E-state index contributed by atoms with van der Waals surface area (Å²) in [5, 5.41) is 12.3. The third-order valence-electron chi connectivity index (χ3n) is 18.7. The Bertz CT molecular complexity index is 1930. The molecule has 0 heterocycles. The molecule has 4 aromatic rings. The molecule has 0 aliphatic heterocycles. The quantitative estimate of drug-likeness (QED) is 0.149. The molecule has 8 saturated carbocycles. The van der Waals surface area contributed by atoms with Gasteiger partial charge in [-0.15, -0.1) is 6.04 Å². The van der Waals surface area contributed by atoms with Crippen molar-refractivity contribution in [1.82, 2.24) is 15.5 Å². The molecule has 8 aliphatic carbocycles. The molecule has 8 fully saturated rings. The Balaban J connectivity index is 0.000000122. The Morgan fingerprint density at radius 2 is 0.809 bits per heavy atom. The summed E-state index contributed by atoms with van der Waals surface area (Å²) in [6.45, 7) is 14.5. The molecule has 1 amide bonds. The molecule has 0 spiro atoms. The first kappa shape index (κ1) is 51.7. The third-order valence-corrected chi connectivity index (χ3v) is 18.7. The van der Waals surface area contributed by atoms with Gasteiger partial charge >= 0.3 is 0 Å². The predicted molar refractivity (Wildman–Crippen MR) is 280 cm³/mol. The van der Waals surface area contributed by atoms with Crippen molar-refractivity contribution < 1.29 is 37.5 Å². The zero-order valence-electron chi connectivity index (χ0n) is 42.5. The maximum atomic E-state index is 11.9. The van der Waals surface area contributed by atoms with Gasteiger partial charge in [-0.2, -0.15) is 6.54 Å². The van der Waals surface area contributed by atoms with E-state index in [1.54, 1.807) is 18.1 Å². The standard InChI is InChI=1S/C17H23NO.2C15H21N.C15H20N.Y/c1-3-18(12(2)19)17-15-10-9-14(11-15)16(17)13-7-5-4-6-8-13;3*1-2-16-15-13-9-8-12(10-13)14(15)11-6-4-3-5-7-11;/h4-8,14-17H,3,9-11H2,1-2H3;2*3-7,12-16H,2,8-10H2,1H3;3-7,12-15H,2,8-10H2,1H3;/q;;;-1;. The Morgan fingerprint density at radius 1 is 0.471 bits per heavy atom. The van der Waals surface area contributed by atoms with Gasteiger partial charge < -0.3 is 20.9 Å². The maximum absolute atomic E-state index is 11.9. The van der Waals surface area contributed by atoms with Crippen molar-refractivity contribution in [2.45, 2.75) is 160 Å². The SMILES string of the molecule is CCN(C(C)=O)C1C2CCC(C2)C1c1ccccc1.CCNC1C2CCC(C2)C1c1ccccc1.CCNC1C2CCC(C2)C1c1ccccc1.CC[N-]C1C2CCC(C2)C1c1ccccc1.[Y]. The first-order chi connectivity index (χ1) is 32.9. The van der Waals surface area contributed by atoms with Gasteiger partial charge in [0.05, 0.1) is 0 Å². The Hall–Kier alpha value is -2.67. The number of carbonyl (C=O) groups excluding carboxylic acids is 1. The summed E-state index contributed by atoms with van der Waals surface area (Å²) in [4.78, 5) is 14.1. The summed E-state index contributed by atoms with van der Waals surface area (Å²) in [5.41, 5.74) is 6.07. The van der Waals surface area contributed by atoms with E-state index in [2.05, 4.69) is 165 Å². The molecule has 16 unspecified atom stereocenters. The van der Waals surface area contributed by atoms with Crippen molar-refractivity contribution in [3.63, 3.8) is 0 Å². The van der Waals surface area contributed by atoms with Crippen molar-refractivity contribution in [3.05, 3.63) is 149 Å². The smallest absolute Gasteiger partial charge is 0.219 e. The minimum Gasteiger partial charge on any atom is -0.659 e. The normalized spacial score (nSPS) is 35.1. The van der Waals surface area contributed by atoms with E-state index < -0.39 is 0 Å². The van der Waals surface area contributed by atoms with Crippen LogP contribution in [0.25, 0.3) is 5.32 Å². The van der Waals surface area contributed by atoms with E-state index in [1.807, 2.05) is 0 Å². The minimum absolute atomic E-state index is 0. The topological polar surface area (TPSA) is 58.5 Å². The number of hydrogen-bond acceptors (Lipinski definition) is 3. The van der Waals surface area contributed by atoms with Crippen molar-refractivity contribution in [1.29, 1.82) is 0 Å². The number of carbonyl (C=O) groups is 1. The van der Waals surface area contributed by atoms with Crippen LogP contribution in [0.5, 0.6) is 0 Å². The Labute approximate surface area is 437 Å². The molecule has 16 atom stereocenters. The molecule has 5 nitrogen and oxygen atoms in total. The first-order valence-electron chi connectivity index (χ1n) is 27.5. The molecule has 0 saturated heterocycles. The Kier molecular flexibility index (Phi) is 18.7. The van der Waals surface area contributed by atoms with Gasteiger partial charge in [-0.1, -0.05) is 154 Å². The summed E-state index contributed by atoms with van der Waals surface area (Å²) in [6.07, 6.45) is 17.0. The molecule has 12 rings (SSSR count). The number of rotatable bonds is 12. The fourth-order valence-electron chi connectivity index (χ4n) is 16.3. The van der Waals surface area contributed by atoms with Gasteiger partial charge in [0.15, 0.2) is 0 Å². The Morgan fingerprint density at radius 3 is 1.22 bits per heavy atom. The van der Waals surface area contributed by atoms with E-state index in [9.17, 15) is 4.79 Å². The van der Waals surface area contributed by atoms with Gasteiger partial charge in [-0.3, -0.25) is 4.79 Å². The summed E-state index contributed by atoms with van der Waals surface area (Å²) in [6, 6.07) is 46.6. The fourth-order valence-corrected chi connectivity index (χ4v) is 16.3. The van der Waals surface area contributed by atoms with E-state index in [1.165, 1.54) is 88.2 Å². The number of benzene rings is 4. The van der Waals surface area contributed by atoms with E-state index in [4.69, 9.17) is 5.32 Å². The summed E-state index contributed by atoms with van der Waals surface area (Å²) < 4.78 is 0. The van der Waals surface area contributed by atoms with Crippen LogP contribution in [0.15, 0.2) is 121 Å². The van der Waals surface area contributed by atoms with Crippen LogP contribution in [0.3, 0.4) is 0 Å². The average molecular weight is 991 g/mol. The number of nitrogens with zero attached hydrogens (tertiary/aromatic N) is 2. The van der Waals surface area contributed by atoms with Gasteiger partial charge in [-0.05, 0) is 160 Å². The van der Waals surface area contributed by atoms with E-state index >= 15 is 0 Å². The zero-order valence-corrected chi connectivity index (χ0v) is 45.3. The minimum atomic E-state index is 0. The molecular formula is C62H85N4OY-. The fraction of sp³-hybridized carbons (Fsp3) is 0.597. The maximum Gasteiger partial charge on any atom is 0.219 e. The van der Waals surface area contributed by atoms with Crippen LogP contribution in [0.1, 0.15) is 158 Å². The summed E-state index contributed by atoms with van der Waals surface area (Å²) in [7, 11) is 0. The second-order valence-corrected chi connectivity index (χ2v) is 22.0. The van der Waals surface area contributed by atoms with Crippen molar-refractivity contribution in [3.8, 4) is 0 Å². The predicted octanol–water partition coefficient (Wildman–Crippen LogP) is 13.8. The van der Waals surface area contributed by atoms with E-state index in [-0.39, 0.29) is 38.6 Å². The van der Waals surface area contributed by atoms with Crippen LogP contribution in [-0.2, 0) is 37.5 Å². The molecule has 2 N–H and O–H groups in total. The van der Waals surface area contributed by atoms with Gasteiger partial charge in [0.1, 0.15) is 0 Å². The van der Waals surface area contributed by atoms with Crippen molar-refractivity contribution in [2.75, 3.05) is 26.2 Å². The van der Waals surface area contributed by atoms with Crippen LogP contribution >= 0.6 is 0 Å². The zero-order chi connectivity index (χ0) is 46.3. The van der Waals surface area contributed by atoms with E-state index in [0.717, 1.165) is 103 Å². The third kappa shape index (κ3) is 11.2. The molecule has 6 heteroatoms. The molecule has 8 bridgehead atoms. The molecule has 68 heavy (non-hydrogen) atoms. The van der Waals surface area contributed by atoms with Crippen LogP contribution in [0, 0.1) is 47.3 Å². The van der Waals surface area contributed by atoms with Crippen LogP contribution in [0.4, 0.5) is 0 Å². The number of fused-ring (bicyclic) bond motifs is 8. The van der Waals surface area contributed by atoms with Gasteiger partial charge in [-0.25, -0.2) is 0 Å². The van der Waals surface area contributed by atoms with Gasteiger partial charge in [0.2, 0.25) is 5.91 Å². The molecule has 8 aliphatic rings. The molecule has 0 aromatic heterocycles. The monoisotopic (exact) mass is 991 g/mol. The number of likely N-dealkylation sites (N-methyl/N-ethyl adjacent to an activating group) is 4. The molecule has 363 valence electrons. The number of hydrogen-bond donors (Lipinski definition) is 2. The molecular weight excluding hydrogens is 906 g/mol. The summed E-state index contributed by atoms with van der Waals surface area (Å²) >= 11 is 0. The van der Waals surface area contributed by atoms with E-state index in [0.29, 0.717) is 18.0 Å². The number of nitrogens with one attached hydrogen (secondary N) is 2. The largest absolute Gasteiger partial charge is 0.659 e. The first-order valence-corrected chi connectivity index (χ1v) is 27.5. The van der Waals surface area contributed by atoms with Gasteiger partial charge in [0, 0.05) is 82.1 Å². The van der Waals surface area contributed by atoms with Crippen molar-refractivity contribution in [2.24, 2.45) is 47.3 Å². The van der Waals surface area contributed by atoms with Crippen molar-refractivity contribution >= 4 is 5.91 Å². The summed E-state index contributed by atoms with van der Waals surface area (Å²) in [5.74, 6) is 10.1.